The average molecular weight is 553 g/mol. The van der Waals surface area contributed by atoms with Crippen molar-refractivity contribution in [1.29, 1.82) is 0 Å². The third kappa shape index (κ3) is 5.47. The van der Waals surface area contributed by atoms with Gasteiger partial charge in [-0.2, -0.15) is 0 Å². The fourth-order valence-corrected chi connectivity index (χ4v) is 4.15. The Morgan fingerprint density at radius 1 is 0.950 bits per heavy atom. The van der Waals surface area contributed by atoms with Gasteiger partial charge in [0.05, 0.1) is 30.7 Å². The van der Waals surface area contributed by atoms with E-state index in [4.69, 9.17) is 16.2 Å². The predicted molar refractivity (Wildman–Crippen MR) is 148 cm³/mol. The molecule has 9 nitrogen and oxygen atoms in total. The maximum Gasteiger partial charge on any atom is 0.337 e. The van der Waals surface area contributed by atoms with Crippen molar-refractivity contribution in [2.45, 2.75) is 6.54 Å². The van der Waals surface area contributed by atoms with E-state index in [-0.39, 0.29) is 23.6 Å². The second-order valence-corrected chi connectivity index (χ2v) is 9.15. The van der Waals surface area contributed by atoms with Crippen LogP contribution >= 0.6 is 0 Å². The first-order valence-corrected chi connectivity index (χ1v) is 12.0. The van der Waals surface area contributed by atoms with Crippen LogP contribution in [0.25, 0.3) is 5.69 Å². The predicted octanol–water partition coefficient (Wildman–Crippen LogP) is 3.32. The van der Waals surface area contributed by atoms with Gasteiger partial charge in [-0.15, -0.1) is 0 Å². The second-order valence-electron chi connectivity index (χ2n) is 9.15. The largest absolute Gasteiger partial charge is 0.494 e. The number of anilines is 2. The van der Waals surface area contributed by atoms with Gasteiger partial charge in [0.25, 0.3) is 5.56 Å². The Morgan fingerprint density at radius 2 is 1.57 bits per heavy atom. The van der Waals surface area contributed by atoms with E-state index in [1.54, 1.807) is 43.3 Å². The van der Waals surface area contributed by atoms with E-state index < -0.39 is 52.3 Å². The van der Waals surface area contributed by atoms with Crippen molar-refractivity contribution < 1.29 is 17.9 Å². The number of rotatable bonds is 8. The molecule has 12 heteroatoms. The molecule has 4 N–H and O–H groups in total. The molecule has 40 heavy (non-hydrogen) atoms. The Kier molecular flexibility index (Phi) is 8.10. The number of hydrogen-bond donors (Lipinski definition) is 2. The van der Waals surface area contributed by atoms with Gasteiger partial charge in [0.15, 0.2) is 11.6 Å². The lowest BCUT2D eigenvalue weighted by Crippen LogP contribution is -2.45. The number of methoxy groups -OCH3 is 1. The van der Waals surface area contributed by atoms with E-state index in [9.17, 15) is 18.4 Å². The van der Waals surface area contributed by atoms with Gasteiger partial charge < -0.3 is 21.1 Å². The van der Waals surface area contributed by atoms with Crippen LogP contribution in [0.3, 0.4) is 0 Å². The summed E-state index contributed by atoms with van der Waals surface area (Å²) in [5, 5.41) is 0. The Hall–Kier alpha value is -4.84. The monoisotopic (exact) mass is 552 g/mol. The SMILES string of the molecule is COc1cccc(-n2c(=O)c(C(CN(C)C)=Nc3ccc(N)cc3)c(N)n(Cc3c(F)cccc3F)c2=O)c1F. The summed E-state index contributed by atoms with van der Waals surface area (Å²) in [5.41, 5.74) is 9.96. The summed E-state index contributed by atoms with van der Waals surface area (Å²) in [6, 6.07) is 13.6. The number of halogens is 3. The summed E-state index contributed by atoms with van der Waals surface area (Å²) in [7, 11) is 4.67. The quantitative estimate of drug-likeness (QED) is 0.256. The van der Waals surface area contributed by atoms with E-state index in [0.717, 1.165) is 16.7 Å². The molecule has 0 bridgehead atoms. The molecule has 3 aromatic carbocycles. The molecule has 0 aliphatic rings. The van der Waals surface area contributed by atoms with Crippen molar-refractivity contribution in [3.63, 3.8) is 0 Å². The first-order chi connectivity index (χ1) is 19.0. The number of likely N-dealkylation sites (N-methyl/N-ethyl adjacent to an activating group) is 1. The van der Waals surface area contributed by atoms with Crippen LogP contribution in [0.4, 0.5) is 30.4 Å². The highest BCUT2D eigenvalue weighted by atomic mass is 19.1. The van der Waals surface area contributed by atoms with Crippen molar-refractivity contribution in [3.05, 3.63) is 110 Å². The Balaban J connectivity index is 2.10. The van der Waals surface area contributed by atoms with Crippen LogP contribution in [0.1, 0.15) is 11.1 Å². The number of nitrogens with zero attached hydrogens (tertiary/aromatic N) is 4. The van der Waals surface area contributed by atoms with Gasteiger partial charge in [0, 0.05) is 17.8 Å². The molecule has 0 aliphatic carbocycles. The molecule has 1 heterocycles. The molecule has 0 spiro atoms. The van der Waals surface area contributed by atoms with Crippen molar-refractivity contribution in [2.24, 2.45) is 4.99 Å². The van der Waals surface area contributed by atoms with Gasteiger partial charge in [0.2, 0.25) is 0 Å². The number of benzene rings is 3. The minimum Gasteiger partial charge on any atom is -0.494 e. The smallest absolute Gasteiger partial charge is 0.337 e. The number of ether oxygens (including phenoxy) is 1. The molecule has 0 fully saturated rings. The van der Waals surface area contributed by atoms with Crippen LogP contribution in [0, 0.1) is 17.5 Å². The fourth-order valence-electron chi connectivity index (χ4n) is 4.15. The highest BCUT2D eigenvalue weighted by Gasteiger charge is 2.26. The summed E-state index contributed by atoms with van der Waals surface area (Å²) in [5.74, 6) is -3.47. The normalized spacial score (nSPS) is 11.7. The first kappa shape index (κ1) is 28.2. The van der Waals surface area contributed by atoms with Crippen LogP contribution in [-0.4, -0.2) is 47.5 Å². The zero-order valence-electron chi connectivity index (χ0n) is 22.0. The summed E-state index contributed by atoms with van der Waals surface area (Å²) in [6.07, 6.45) is 0. The van der Waals surface area contributed by atoms with E-state index >= 15 is 4.39 Å². The number of aliphatic imine (C=N–C) groups is 1. The maximum atomic E-state index is 15.4. The van der Waals surface area contributed by atoms with Gasteiger partial charge in [-0.25, -0.2) is 22.5 Å². The number of hydrogen-bond acceptors (Lipinski definition) is 7. The lowest BCUT2D eigenvalue weighted by Gasteiger charge is -2.20. The Morgan fingerprint density at radius 3 is 2.17 bits per heavy atom. The van der Waals surface area contributed by atoms with Gasteiger partial charge in [-0.05, 0) is 62.6 Å². The first-order valence-electron chi connectivity index (χ1n) is 12.0. The van der Waals surface area contributed by atoms with Gasteiger partial charge in [0.1, 0.15) is 23.0 Å². The molecule has 4 rings (SSSR count). The molecular weight excluding hydrogens is 525 g/mol. The molecule has 0 aliphatic heterocycles. The zero-order valence-corrected chi connectivity index (χ0v) is 22.0. The second kappa shape index (κ2) is 11.5. The molecular formula is C28H27F3N6O3. The topological polar surface area (TPSA) is 121 Å². The van der Waals surface area contributed by atoms with Gasteiger partial charge in [-0.3, -0.25) is 14.4 Å². The van der Waals surface area contributed by atoms with Crippen LogP contribution in [0.2, 0.25) is 0 Å². The highest BCUT2D eigenvalue weighted by Crippen LogP contribution is 2.24. The summed E-state index contributed by atoms with van der Waals surface area (Å²) < 4.78 is 51.1. The Bertz CT molecular complexity index is 1690. The molecule has 0 saturated carbocycles. The van der Waals surface area contributed by atoms with Crippen molar-refractivity contribution >= 4 is 22.9 Å². The standard InChI is InChI=1S/C28H27F3N6O3/c1-35(2)15-21(34-17-12-10-16(32)11-13-17)24-26(33)36(14-18-19(29)6-4-7-20(18)30)28(39)37(27(24)38)22-8-5-9-23(40-3)25(22)31/h4-13H,14-15,32-33H2,1-3H3. The third-order valence-electron chi connectivity index (χ3n) is 6.08. The molecule has 0 amide bonds. The van der Waals surface area contributed by atoms with Crippen LogP contribution < -0.4 is 27.5 Å². The summed E-state index contributed by atoms with van der Waals surface area (Å²) in [4.78, 5) is 34.0. The average Bonchev–Trinajstić information content (AvgIpc) is 2.90. The number of nitrogens with two attached hydrogens (primary N) is 2. The minimum absolute atomic E-state index is 0.0661. The lowest BCUT2D eigenvalue weighted by molar-refractivity contribution is 0.385. The molecule has 1 aromatic heterocycles. The van der Waals surface area contributed by atoms with Gasteiger partial charge in [-0.1, -0.05) is 12.1 Å². The van der Waals surface area contributed by atoms with E-state index in [1.807, 2.05) is 0 Å². The lowest BCUT2D eigenvalue weighted by atomic mass is 10.1. The molecule has 4 aromatic rings. The maximum absolute atomic E-state index is 15.4. The molecule has 0 saturated heterocycles. The highest BCUT2D eigenvalue weighted by molar-refractivity contribution is 6.06. The van der Waals surface area contributed by atoms with E-state index in [1.165, 1.54) is 31.4 Å². The molecule has 0 radical (unpaired) electrons. The third-order valence-corrected chi connectivity index (χ3v) is 6.08. The number of nitrogen functional groups attached to an aromatic ring is 2. The molecule has 0 atom stereocenters. The summed E-state index contributed by atoms with van der Waals surface area (Å²) >= 11 is 0. The number of aromatic nitrogens is 2. The zero-order chi connectivity index (χ0) is 29.1. The molecule has 0 unspecified atom stereocenters. The van der Waals surface area contributed by atoms with E-state index in [2.05, 4.69) is 4.99 Å². The van der Waals surface area contributed by atoms with Gasteiger partial charge >= 0.3 is 5.69 Å². The molecule has 208 valence electrons. The van der Waals surface area contributed by atoms with Crippen LogP contribution in [0.5, 0.6) is 5.75 Å². The van der Waals surface area contributed by atoms with Crippen LogP contribution in [0.15, 0.2) is 75.2 Å². The summed E-state index contributed by atoms with van der Waals surface area (Å²) in [6.45, 7) is -0.615. The van der Waals surface area contributed by atoms with Crippen molar-refractivity contribution in [1.82, 2.24) is 14.0 Å². The van der Waals surface area contributed by atoms with E-state index in [0.29, 0.717) is 15.9 Å². The van der Waals surface area contributed by atoms with Crippen molar-refractivity contribution in [3.8, 4) is 11.4 Å². The van der Waals surface area contributed by atoms with Crippen molar-refractivity contribution in [2.75, 3.05) is 39.2 Å². The minimum atomic E-state index is -1.11. The fraction of sp³-hybridized carbons (Fsp3) is 0.179. The Labute approximate surface area is 227 Å². The van der Waals surface area contributed by atoms with Crippen LogP contribution in [-0.2, 0) is 6.54 Å².